The second kappa shape index (κ2) is 3.73. The third-order valence-electron chi connectivity index (χ3n) is 1.63. The Hall–Kier alpha value is -0.840. The smallest absolute Gasteiger partial charge is 0.207 e. The number of hydrogen-bond acceptors (Lipinski definition) is 0. The molecule has 0 atom stereocenters. The molecule has 1 aromatic rings. The van der Waals surface area contributed by atoms with E-state index < -0.39 is 34.8 Å². The van der Waals surface area contributed by atoms with Crippen molar-refractivity contribution in [1.29, 1.82) is 0 Å². The molecule has 6 heteroatoms. The molecule has 0 fully saturated rings. The fourth-order valence-electron chi connectivity index (χ4n) is 0.939. The molecule has 0 bridgehead atoms. The van der Waals surface area contributed by atoms with Crippen LogP contribution < -0.4 is 0 Å². The summed E-state index contributed by atoms with van der Waals surface area (Å²) in [5.41, 5.74) is -2.27. The number of halogens is 6. The van der Waals surface area contributed by atoms with Gasteiger partial charge in [-0.15, -0.1) is 11.6 Å². The maximum absolute atomic E-state index is 13.0. The van der Waals surface area contributed by atoms with Crippen LogP contribution in [0.15, 0.2) is 12.1 Å². The van der Waals surface area contributed by atoms with E-state index in [0.717, 1.165) is 0 Å². The van der Waals surface area contributed by atoms with Gasteiger partial charge < -0.3 is 0 Å². The molecule has 0 saturated carbocycles. The van der Waals surface area contributed by atoms with Crippen molar-refractivity contribution in [2.45, 2.75) is 12.1 Å². The Morgan fingerprint density at radius 1 is 1.14 bits per heavy atom. The summed E-state index contributed by atoms with van der Waals surface area (Å²) in [6.07, 6.45) is -4.83. The first kappa shape index (κ1) is 11.2. The van der Waals surface area contributed by atoms with Crippen molar-refractivity contribution in [1.82, 2.24) is 0 Å². The van der Waals surface area contributed by atoms with Crippen LogP contribution in [0, 0.1) is 11.6 Å². The van der Waals surface area contributed by atoms with Gasteiger partial charge in [0, 0.05) is 5.56 Å². The lowest BCUT2D eigenvalue weighted by Gasteiger charge is -2.10. The van der Waals surface area contributed by atoms with Crippen molar-refractivity contribution in [3.05, 3.63) is 34.9 Å². The predicted octanol–water partition coefficient (Wildman–Crippen LogP) is 3.72. The molecule has 0 aliphatic carbocycles. The second-order valence-electron chi connectivity index (χ2n) is 2.52. The molecule has 0 aliphatic rings. The number of alkyl halides is 4. The molecule has 0 aromatic heterocycles. The maximum Gasteiger partial charge on any atom is 0.419 e. The Labute approximate surface area is 81.3 Å². The summed E-state index contributed by atoms with van der Waals surface area (Å²) in [6.45, 7) is 0. The van der Waals surface area contributed by atoms with Crippen LogP contribution in [0.1, 0.15) is 11.1 Å². The molecule has 0 amide bonds. The van der Waals surface area contributed by atoms with Gasteiger partial charge in [-0.3, -0.25) is 0 Å². The minimum Gasteiger partial charge on any atom is -0.207 e. The standard InChI is InChI=1S/C8H4ClF5/c9-3-4-6(10)2-1-5(7(4)11)8(12,13)14/h1-2H,3H2. The van der Waals surface area contributed by atoms with Crippen LogP contribution in [0.3, 0.4) is 0 Å². The highest BCUT2D eigenvalue weighted by Gasteiger charge is 2.35. The van der Waals surface area contributed by atoms with Crippen molar-refractivity contribution in [3.8, 4) is 0 Å². The molecule has 1 aromatic carbocycles. The lowest BCUT2D eigenvalue weighted by molar-refractivity contribution is -0.140. The second-order valence-corrected chi connectivity index (χ2v) is 2.79. The zero-order chi connectivity index (χ0) is 10.9. The Bertz CT molecular complexity index is 344. The van der Waals surface area contributed by atoms with Crippen LogP contribution >= 0.6 is 11.6 Å². The third kappa shape index (κ3) is 1.97. The van der Waals surface area contributed by atoms with Crippen molar-refractivity contribution in [3.63, 3.8) is 0 Å². The molecule has 14 heavy (non-hydrogen) atoms. The summed E-state index contributed by atoms with van der Waals surface area (Å²) in [6, 6.07) is 0.893. The Morgan fingerprint density at radius 3 is 2.14 bits per heavy atom. The average molecular weight is 231 g/mol. The van der Waals surface area contributed by atoms with E-state index in [9.17, 15) is 22.0 Å². The first-order valence-electron chi connectivity index (χ1n) is 3.48. The molecule has 0 heterocycles. The molecular weight excluding hydrogens is 227 g/mol. The summed E-state index contributed by atoms with van der Waals surface area (Å²) in [4.78, 5) is 0. The van der Waals surface area contributed by atoms with E-state index in [1.807, 2.05) is 0 Å². The summed E-state index contributed by atoms with van der Waals surface area (Å²) in [5, 5.41) is 0. The number of rotatable bonds is 1. The molecular formula is C8H4ClF5. The number of hydrogen-bond donors (Lipinski definition) is 0. The van der Waals surface area contributed by atoms with Gasteiger partial charge in [0.15, 0.2) is 0 Å². The van der Waals surface area contributed by atoms with Crippen molar-refractivity contribution >= 4 is 11.6 Å². The fourth-order valence-corrected chi connectivity index (χ4v) is 1.18. The molecule has 0 N–H and O–H groups in total. The van der Waals surface area contributed by atoms with Crippen molar-refractivity contribution in [2.75, 3.05) is 0 Å². The monoisotopic (exact) mass is 230 g/mol. The average Bonchev–Trinajstić information content (AvgIpc) is 2.02. The SMILES string of the molecule is Fc1ccc(C(F)(F)F)c(F)c1CCl. The van der Waals surface area contributed by atoms with Crippen molar-refractivity contribution < 1.29 is 22.0 Å². The van der Waals surface area contributed by atoms with Gasteiger partial charge in [0.05, 0.1) is 11.4 Å². The lowest BCUT2D eigenvalue weighted by atomic mass is 10.1. The van der Waals surface area contributed by atoms with Crippen LogP contribution in [0.4, 0.5) is 22.0 Å². The highest BCUT2D eigenvalue weighted by atomic mass is 35.5. The maximum atomic E-state index is 13.0. The van der Waals surface area contributed by atoms with Crippen molar-refractivity contribution in [2.24, 2.45) is 0 Å². The van der Waals surface area contributed by atoms with Crippen LogP contribution in [-0.2, 0) is 12.1 Å². The largest absolute Gasteiger partial charge is 0.419 e. The molecule has 0 aliphatic heterocycles. The normalized spacial score (nSPS) is 11.9. The third-order valence-corrected chi connectivity index (χ3v) is 1.89. The molecule has 0 nitrogen and oxygen atoms in total. The Kier molecular flexibility index (Phi) is 2.99. The number of benzene rings is 1. The topological polar surface area (TPSA) is 0 Å². The quantitative estimate of drug-likeness (QED) is 0.509. The van der Waals surface area contributed by atoms with Crippen LogP contribution in [0.25, 0.3) is 0 Å². The van der Waals surface area contributed by atoms with E-state index in [0.29, 0.717) is 12.1 Å². The van der Waals surface area contributed by atoms with E-state index in [-0.39, 0.29) is 0 Å². The Balaban J connectivity index is 3.36. The first-order valence-corrected chi connectivity index (χ1v) is 4.01. The first-order chi connectivity index (χ1) is 6.38. The van der Waals surface area contributed by atoms with Gasteiger partial charge in [-0.25, -0.2) is 8.78 Å². The van der Waals surface area contributed by atoms with Gasteiger partial charge >= 0.3 is 6.18 Å². The molecule has 1 rings (SSSR count). The lowest BCUT2D eigenvalue weighted by Crippen LogP contribution is -2.10. The van der Waals surface area contributed by atoms with Crippen LogP contribution in [0.5, 0.6) is 0 Å². The van der Waals surface area contributed by atoms with E-state index >= 15 is 0 Å². The molecule has 78 valence electrons. The molecule has 0 unspecified atom stereocenters. The zero-order valence-corrected chi connectivity index (χ0v) is 7.39. The highest BCUT2D eigenvalue weighted by molar-refractivity contribution is 6.17. The van der Waals surface area contributed by atoms with Gasteiger partial charge in [0.2, 0.25) is 0 Å². The molecule has 0 spiro atoms. The fraction of sp³-hybridized carbons (Fsp3) is 0.250. The van der Waals surface area contributed by atoms with Gasteiger partial charge in [-0.1, -0.05) is 0 Å². The molecule has 0 saturated heterocycles. The van der Waals surface area contributed by atoms with E-state index in [1.54, 1.807) is 0 Å². The highest BCUT2D eigenvalue weighted by Crippen LogP contribution is 2.33. The van der Waals surface area contributed by atoms with E-state index in [1.165, 1.54) is 0 Å². The minimum atomic E-state index is -4.83. The van der Waals surface area contributed by atoms with Crippen LogP contribution in [0.2, 0.25) is 0 Å². The summed E-state index contributed by atoms with van der Waals surface area (Å²) < 4.78 is 62.0. The van der Waals surface area contributed by atoms with Crippen LogP contribution in [-0.4, -0.2) is 0 Å². The van der Waals surface area contributed by atoms with E-state index in [2.05, 4.69) is 0 Å². The summed E-state index contributed by atoms with van der Waals surface area (Å²) in [7, 11) is 0. The van der Waals surface area contributed by atoms with Gasteiger partial charge in [0.25, 0.3) is 0 Å². The molecule has 0 radical (unpaired) electrons. The van der Waals surface area contributed by atoms with Gasteiger partial charge in [0.1, 0.15) is 11.6 Å². The minimum absolute atomic E-state index is 0.348. The predicted molar refractivity (Wildman–Crippen MR) is 40.9 cm³/mol. The van der Waals surface area contributed by atoms with E-state index in [4.69, 9.17) is 11.6 Å². The van der Waals surface area contributed by atoms with Gasteiger partial charge in [-0.05, 0) is 12.1 Å². The zero-order valence-electron chi connectivity index (χ0n) is 6.63. The Morgan fingerprint density at radius 2 is 1.71 bits per heavy atom. The van der Waals surface area contributed by atoms with Gasteiger partial charge in [-0.2, -0.15) is 13.2 Å². The summed E-state index contributed by atoms with van der Waals surface area (Å²) in [5.74, 6) is -3.36. The summed E-state index contributed by atoms with van der Waals surface area (Å²) >= 11 is 5.11.